The SMILES string of the molecule is Cc1cc(C#N)nc(NCCCCC(C)C)n1. The highest BCUT2D eigenvalue weighted by molar-refractivity contribution is 5.32. The van der Waals surface area contributed by atoms with Gasteiger partial charge in [0.05, 0.1) is 0 Å². The van der Waals surface area contributed by atoms with Crippen LogP contribution in [0.1, 0.15) is 44.5 Å². The molecule has 0 spiro atoms. The minimum absolute atomic E-state index is 0.419. The first kappa shape index (κ1) is 13.4. The lowest BCUT2D eigenvalue weighted by molar-refractivity contribution is 0.544. The number of hydrogen-bond acceptors (Lipinski definition) is 4. The van der Waals surface area contributed by atoms with Crippen molar-refractivity contribution in [1.82, 2.24) is 9.97 Å². The van der Waals surface area contributed by atoms with Gasteiger partial charge in [0.1, 0.15) is 11.8 Å². The minimum atomic E-state index is 0.419. The van der Waals surface area contributed by atoms with Crippen molar-refractivity contribution >= 4 is 5.95 Å². The maximum atomic E-state index is 8.79. The quantitative estimate of drug-likeness (QED) is 0.766. The molecule has 0 saturated carbocycles. The monoisotopic (exact) mass is 232 g/mol. The van der Waals surface area contributed by atoms with Crippen LogP contribution in [-0.4, -0.2) is 16.5 Å². The Morgan fingerprint density at radius 3 is 2.76 bits per heavy atom. The van der Waals surface area contributed by atoms with Crippen LogP contribution in [0.25, 0.3) is 0 Å². The third-order valence-electron chi connectivity index (χ3n) is 2.46. The van der Waals surface area contributed by atoms with E-state index in [2.05, 4.69) is 29.1 Å². The smallest absolute Gasteiger partial charge is 0.224 e. The number of nitriles is 1. The molecular formula is C13H20N4. The first-order chi connectivity index (χ1) is 8.11. The Bertz CT molecular complexity index is 393. The van der Waals surface area contributed by atoms with Crippen molar-refractivity contribution in [3.05, 3.63) is 17.5 Å². The van der Waals surface area contributed by atoms with Crippen molar-refractivity contribution in [2.75, 3.05) is 11.9 Å². The summed E-state index contributed by atoms with van der Waals surface area (Å²) in [7, 11) is 0. The molecule has 0 aliphatic carbocycles. The van der Waals surface area contributed by atoms with Gasteiger partial charge in [0, 0.05) is 12.2 Å². The highest BCUT2D eigenvalue weighted by Gasteiger charge is 2.01. The van der Waals surface area contributed by atoms with Crippen LogP contribution < -0.4 is 5.32 Å². The summed E-state index contributed by atoms with van der Waals surface area (Å²) < 4.78 is 0. The van der Waals surface area contributed by atoms with E-state index >= 15 is 0 Å². The second-order valence-corrected chi connectivity index (χ2v) is 4.65. The standard InChI is InChI=1S/C13H20N4/c1-10(2)6-4-5-7-15-13-16-11(3)8-12(9-14)17-13/h8,10H,4-7H2,1-3H3,(H,15,16,17). The summed E-state index contributed by atoms with van der Waals surface area (Å²) in [5, 5.41) is 11.9. The minimum Gasteiger partial charge on any atom is -0.354 e. The maximum absolute atomic E-state index is 8.79. The summed E-state index contributed by atoms with van der Waals surface area (Å²) >= 11 is 0. The van der Waals surface area contributed by atoms with Gasteiger partial charge >= 0.3 is 0 Å². The van der Waals surface area contributed by atoms with E-state index in [-0.39, 0.29) is 0 Å². The molecule has 1 rings (SSSR count). The van der Waals surface area contributed by atoms with Crippen molar-refractivity contribution in [2.24, 2.45) is 5.92 Å². The van der Waals surface area contributed by atoms with Crippen LogP contribution in [0.5, 0.6) is 0 Å². The molecule has 0 atom stereocenters. The van der Waals surface area contributed by atoms with Gasteiger partial charge in [-0.3, -0.25) is 0 Å². The second-order valence-electron chi connectivity index (χ2n) is 4.65. The molecule has 0 unspecified atom stereocenters. The largest absolute Gasteiger partial charge is 0.354 e. The molecular weight excluding hydrogens is 212 g/mol. The van der Waals surface area contributed by atoms with Gasteiger partial charge < -0.3 is 5.32 Å². The molecule has 17 heavy (non-hydrogen) atoms. The van der Waals surface area contributed by atoms with Gasteiger partial charge in [-0.15, -0.1) is 0 Å². The molecule has 0 amide bonds. The lowest BCUT2D eigenvalue weighted by Crippen LogP contribution is -2.07. The molecule has 0 aromatic carbocycles. The van der Waals surface area contributed by atoms with Crippen molar-refractivity contribution in [1.29, 1.82) is 5.26 Å². The fraction of sp³-hybridized carbons (Fsp3) is 0.615. The van der Waals surface area contributed by atoms with E-state index in [0.29, 0.717) is 11.6 Å². The number of nitrogens with zero attached hydrogens (tertiary/aromatic N) is 3. The molecule has 1 aromatic heterocycles. The van der Waals surface area contributed by atoms with Gasteiger partial charge in [0.2, 0.25) is 5.95 Å². The Morgan fingerprint density at radius 2 is 2.12 bits per heavy atom. The van der Waals surface area contributed by atoms with E-state index < -0.39 is 0 Å². The van der Waals surface area contributed by atoms with E-state index in [9.17, 15) is 0 Å². The maximum Gasteiger partial charge on any atom is 0.224 e. The molecule has 1 heterocycles. The molecule has 0 aliphatic rings. The molecule has 0 fully saturated rings. The molecule has 0 bridgehead atoms. The van der Waals surface area contributed by atoms with Crippen molar-refractivity contribution in [3.63, 3.8) is 0 Å². The van der Waals surface area contributed by atoms with Crippen molar-refractivity contribution in [2.45, 2.75) is 40.0 Å². The number of unbranched alkanes of at least 4 members (excludes halogenated alkanes) is 1. The average Bonchev–Trinajstić information content (AvgIpc) is 2.27. The van der Waals surface area contributed by atoms with E-state index in [4.69, 9.17) is 5.26 Å². The Hall–Kier alpha value is -1.63. The van der Waals surface area contributed by atoms with Crippen molar-refractivity contribution < 1.29 is 0 Å². The summed E-state index contributed by atoms with van der Waals surface area (Å²) in [6, 6.07) is 3.72. The fourth-order valence-electron chi connectivity index (χ4n) is 1.58. The highest BCUT2D eigenvalue weighted by atomic mass is 15.1. The zero-order chi connectivity index (χ0) is 12.7. The summed E-state index contributed by atoms with van der Waals surface area (Å²) in [5.41, 5.74) is 1.24. The first-order valence-corrected chi connectivity index (χ1v) is 6.11. The number of aromatic nitrogens is 2. The number of rotatable bonds is 6. The van der Waals surface area contributed by atoms with Crippen molar-refractivity contribution in [3.8, 4) is 6.07 Å². The van der Waals surface area contributed by atoms with E-state index in [0.717, 1.165) is 24.6 Å². The van der Waals surface area contributed by atoms with E-state index in [1.165, 1.54) is 12.8 Å². The Kier molecular flexibility index (Phi) is 5.41. The van der Waals surface area contributed by atoms with Gasteiger partial charge in [-0.05, 0) is 25.3 Å². The van der Waals surface area contributed by atoms with Crippen LogP contribution in [0.15, 0.2) is 6.07 Å². The van der Waals surface area contributed by atoms with Crippen LogP contribution in [0.4, 0.5) is 5.95 Å². The van der Waals surface area contributed by atoms with Crippen LogP contribution in [-0.2, 0) is 0 Å². The lowest BCUT2D eigenvalue weighted by Gasteiger charge is -2.07. The summed E-state index contributed by atoms with van der Waals surface area (Å²) in [4.78, 5) is 8.34. The topological polar surface area (TPSA) is 61.6 Å². The number of aryl methyl sites for hydroxylation is 1. The average molecular weight is 232 g/mol. The van der Waals surface area contributed by atoms with Crippen LogP contribution in [0.3, 0.4) is 0 Å². The Labute approximate surface area is 103 Å². The number of hydrogen-bond donors (Lipinski definition) is 1. The third kappa shape index (κ3) is 5.30. The zero-order valence-corrected chi connectivity index (χ0v) is 10.8. The Morgan fingerprint density at radius 1 is 1.35 bits per heavy atom. The predicted molar refractivity (Wildman–Crippen MR) is 68.7 cm³/mol. The number of nitrogens with one attached hydrogen (secondary N) is 1. The van der Waals surface area contributed by atoms with E-state index in [1.54, 1.807) is 6.07 Å². The number of anilines is 1. The second kappa shape index (κ2) is 6.85. The van der Waals surface area contributed by atoms with Gasteiger partial charge in [-0.1, -0.05) is 26.7 Å². The van der Waals surface area contributed by atoms with E-state index in [1.807, 2.05) is 13.0 Å². The molecule has 92 valence electrons. The predicted octanol–water partition coefficient (Wildman–Crippen LogP) is 2.89. The van der Waals surface area contributed by atoms with Gasteiger partial charge in [0.15, 0.2) is 0 Å². The lowest BCUT2D eigenvalue weighted by atomic mass is 10.1. The molecule has 1 aromatic rings. The zero-order valence-electron chi connectivity index (χ0n) is 10.8. The van der Waals surface area contributed by atoms with Crippen LogP contribution in [0.2, 0.25) is 0 Å². The van der Waals surface area contributed by atoms with Crippen LogP contribution >= 0.6 is 0 Å². The first-order valence-electron chi connectivity index (χ1n) is 6.11. The summed E-state index contributed by atoms with van der Waals surface area (Å²) in [5.74, 6) is 1.32. The third-order valence-corrected chi connectivity index (χ3v) is 2.46. The van der Waals surface area contributed by atoms with Gasteiger partial charge in [-0.25, -0.2) is 9.97 Å². The molecule has 4 heteroatoms. The molecule has 4 nitrogen and oxygen atoms in total. The summed E-state index contributed by atoms with van der Waals surface area (Å²) in [6.07, 6.45) is 3.57. The normalized spacial score (nSPS) is 10.3. The van der Waals surface area contributed by atoms with Gasteiger partial charge in [0.25, 0.3) is 0 Å². The van der Waals surface area contributed by atoms with Gasteiger partial charge in [-0.2, -0.15) is 5.26 Å². The molecule has 0 saturated heterocycles. The molecule has 0 aliphatic heterocycles. The molecule has 0 radical (unpaired) electrons. The fourth-order valence-corrected chi connectivity index (χ4v) is 1.58. The molecule has 1 N–H and O–H groups in total. The summed E-state index contributed by atoms with van der Waals surface area (Å²) in [6.45, 7) is 7.19. The highest BCUT2D eigenvalue weighted by Crippen LogP contribution is 2.07. The van der Waals surface area contributed by atoms with Crippen LogP contribution in [0, 0.1) is 24.2 Å². The Balaban J connectivity index is 2.37.